The maximum atomic E-state index is 13.2. The van der Waals surface area contributed by atoms with Crippen molar-refractivity contribution in [1.29, 1.82) is 0 Å². The lowest BCUT2D eigenvalue weighted by atomic mass is 10.2. The van der Waals surface area contributed by atoms with Gasteiger partial charge >= 0.3 is 16.3 Å². The van der Waals surface area contributed by atoms with Crippen LogP contribution in [0.5, 0.6) is 0 Å². The summed E-state index contributed by atoms with van der Waals surface area (Å²) in [7, 11) is -4.60. The van der Waals surface area contributed by atoms with Crippen LogP contribution in [0.15, 0.2) is 52.4 Å². The molecule has 9 heteroatoms. The van der Waals surface area contributed by atoms with Crippen molar-refractivity contribution in [2.45, 2.75) is 18.0 Å². The smallest absolute Gasteiger partial charge is 0.372 e. The van der Waals surface area contributed by atoms with E-state index in [1.165, 1.54) is 30.3 Å². The molecule has 0 atom stereocenters. The Kier molecular flexibility index (Phi) is 5.22. The van der Waals surface area contributed by atoms with Gasteiger partial charge in [0.05, 0.1) is 4.48 Å². The first-order valence-corrected chi connectivity index (χ1v) is 9.21. The van der Waals surface area contributed by atoms with Crippen molar-refractivity contribution in [3.05, 3.63) is 58.0 Å². The van der Waals surface area contributed by atoms with Crippen LogP contribution in [-0.2, 0) is 14.3 Å². The van der Waals surface area contributed by atoms with Gasteiger partial charge in [-0.1, -0.05) is 23.8 Å². The highest BCUT2D eigenvalue weighted by Gasteiger charge is 2.42. The molecular weight excluding hydrogens is 417 g/mol. The van der Waals surface area contributed by atoms with E-state index in [4.69, 9.17) is 0 Å². The molecule has 0 fully saturated rings. The van der Waals surface area contributed by atoms with E-state index >= 15 is 0 Å². The van der Waals surface area contributed by atoms with Gasteiger partial charge in [0.25, 0.3) is 0 Å². The first kappa shape index (κ1) is 18.0. The molecule has 2 rings (SSSR count). The Morgan fingerprint density at radius 3 is 2.26 bits per heavy atom. The minimum atomic E-state index is -4.97. The van der Waals surface area contributed by atoms with Gasteiger partial charge in [-0.3, -0.25) is 0 Å². The van der Waals surface area contributed by atoms with Crippen molar-refractivity contribution < 1.29 is 25.8 Å². The average molecular weight is 427 g/mol. The van der Waals surface area contributed by atoms with Gasteiger partial charge in [-0.05, 0) is 46.4 Å². The van der Waals surface area contributed by atoms with Gasteiger partial charge in [0.15, 0.2) is 0 Å². The number of hydrogen-bond donors (Lipinski definition) is 0. The minimum Gasteiger partial charge on any atom is -0.372 e. The van der Waals surface area contributed by atoms with E-state index in [9.17, 15) is 21.6 Å². The molecule has 0 amide bonds. The quantitative estimate of drug-likeness (QED) is 0.505. The van der Waals surface area contributed by atoms with Gasteiger partial charge in [-0.15, -0.1) is 11.3 Å². The number of aryl methyl sites for hydroxylation is 1. The molecule has 0 radical (unpaired) electrons. The van der Waals surface area contributed by atoms with Crippen LogP contribution in [-0.4, -0.2) is 14.6 Å². The Hall–Kier alpha value is -1.32. The van der Waals surface area contributed by atoms with Crippen molar-refractivity contribution in [3.8, 4) is 0 Å². The molecule has 1 heterocycles. The summed E-state index contributed by atoms with van der Waals surface area (Å²) in [5, 5.41) is 1.57. The SMILES string of the molecule is Cc1ccc(S(=O)(=O)O/C(=C(\Br)c2cccs2)C(F)(F)F)cc1. The van der Waals surface area contributed by atoms with E-state index in [1.807, 2.05) is 0 Å². The van der Waals surface area contributed by atoms with Crippen LogP contribution in [0.2, 0.25) is 0 Å². The first-order chi connectivity index (χ1) is 10.6. The highest BCUT2D eigenvalue weighted by Crippen LogP contribution is 2.39. The zero-order valence-electron chi connectivity index (χ0n) is 11.6. The zero-order valence-corrected chi connectivity index (χ0v) is 14.8. The van der Waals surface area contributed by atoms with Gasteiger partial charge in [-0.2, -0.15) is 21.6 Å². The fourth-order valence-electron chi connectivity index (χ4n) is 1.59. The summed E-state index contributed by atoms with van der Waals surface area (Å²) < 4.78 is 67.7. The largest absolute Gasteiger partial charge is 0.451 e. The second-order valence-corrected chi connectivity index (χ2v) is 7.76. The van der Waals surface area contributed by atoms with Crippen molar-refractivity contribution in [3.63, 3.8) is 0 Å². The molecule has 124 valence electrons. The lowest BCUT2D eigenvalue weighted by Gasteiger charge is -2.15. The van der Waals surface area contributed by atoms with E-state index in [-0.39, 0.29) is 9.77 Å². The predicted octanol–water partition coefficient (Wildman–Crippen LogP) is 5.09. The van der Waals surface area contributed by atoms with Crippen molar-refractivity contribution >= 4 is 41.9 Å². The van der Waals surface area contributed by atoms with Gasteiger partial charge in [0.1, 0.15) is 4.90 Å². The summed E-state index contributed by atoms with van der Waals surface area (Å²) in [6, 6.07) is 8.30. The number of halogens is 4. The fraction of sp³-hybridized carbons (Fsp3) is 0.143. The van der Waals surface area contributed by atoms with Crippen molar-refractivity contribution in [2.24, 2.45) is 0 Å². The molecule has 0 N–H and O–H groups in total. The van der Waals surface area contributed by atoms with Crippen molar-refractivity contribution in [1.82, 2.24) is 0 Å². The normalized spacial score (nSPS) is 13.6. The monoisotopic (exact) mass is 426 g/mol. The van der Waals surface area contributed by atoms with Gasteiger partial charge < -0.3 is 4.18 Å². The number of rotatable bonds is 4. The van der Waals surface area contributed by atoms with E-state index < -0.39 is 26.5 Å². The van der Waals surface area contributed by atoms with E-state index in [0.29, 0.717) is 0 Å². The lowest BCUT2D eigenvalue weighted by Crippen LogP contribution is -2.19. The third-order valence-corrected chi connectivity index (χ3v) is 5.87. The standard InChI is InChI=1S/C14H10BrF3O3S2/c1-9-4-6-10(7-5-9)23(19,20)21-13(14(16,17)18)12(15)11-3-2-8-22-11/h2-8H,1H3/b13-12-. The van der Waals surface area contributed by atoms with Gasteiger partial charge in [-0.25, -0.2) is 0 Å². The number of thiophene rings is 1. The molecule has 0 spiro atoms. The molecule has 1 aromatic carbocycles. The van der Waals surface area contributed by atoms with E-state index in [0.717, 1.165) is 16.9 Å². The number of alkyl halides is 3. The Balaban J connectivity index is 2.47. The molecule has 0 unspecified atom stereocenters. The molecule has 0 saturated carbocycles. The van der Waals surface area contributed by atoms with Crippen LogP contribution in [0.3, 0.4) is 0 Å². The summed E-state index contributed by atoms with van der Waals surface area (Å²) in [5.74, 6) is -1.61. The molecule has 0 bridgehead atoms. The zero-order chi connectivity index (χ0) is 17.3. The molecule has 0 aliphatic rings. The number of hydrogen-bond acceptors (Lipinski definition) is 4. The molecule has 3 nitrogen and oxygen atoms in total. The van der Waals surface area contributed by atoms with Gasteiger partial charge in [0.2, 0.25) is 5.76 Å². The van der Waals surface area contributed by atoms with Crippen LogP contribution >= 0.6 is 27.3 Å². The van der Waals surface area contributed by atoms with Crippen molar-refractivity contribution in [2.75, 3.05) is 0 Å². The molecule has 23 heavy (non-hydrogen) atoms. The van der Waals surface area contributed by atoms with E-state index in [2.05, 4.69) is 20.1 Å². The Morgan fingerprint density at radius 2 is 1.78 bits per heavy atom. The molecule has 0 aliphatic carbocycles. The maximum Gasteiger partial charge on any atom is 0.451 e. The second kappa shape index (κ2) is 6.66. The summed E-state index contributed by atoms with van der Waals surface area (Å²) in [6.07, 6.45) is -4.97. The lowest BCUT2D eigenvalue weighted by molar-refractivity contribution is -0.114. The Morgan fingerprint density at radius 1 is 1.17 bits per heavy atom. The van der Waals surface area contributed by atoms with Gasteiger partial charge in [0, 0.05) is 4.88 Å². The van der Waals surface area contributed by atoms with E-state index in [1.54, 1.807) is 18.4 Å². The summed E-state index contributed by atoms with van der Waals surface area (Å²) in [5.41, 5.74) is 0.773. The molecule has 2 aromatic rings. The molecule has 0 saturated heterocycles. The number of allylic oxidation sites excluding steroid dienone is 1. The predicted molar refractivity (Wildman–Crippen MR) is 85.7 cm³/mol. The van der Waals surface area contributed by atoms with Crippen LogP contribution in [0.4, 0.5) is 13.2 Å². The third-order valence-electron chi connectivity index (χ3n) is 2.70. The average Bonchev–Trinajstić information content (AvgIpc) is 2.97. The Labute approximate surface area is 143 Å². The molecular formula is C14H10BrF3O3S2. The molecule has 0 aliphatic heterocycles. The topological polar surface area (TPSA) is 43.4 Å². The summed E-state index contributed by atoms with van der Waals surface area (Å²) in [4.78, 5) is -0.146. The van der Waals surface area contributed by atoms with Crippen LogP contribution < -0.4 is 0 Å². The maximum absolute atomic E-state index is 13.2. The highest BCUT2D eigenvalue weighted by molar-refractivity contribution is 9.15. The number of benzene rings is 1. The highest BCUT2D eigenvalue weighted by atomic mass is 79.9. The second-order valence-electron chi connectivity index (χ2n) is 4.47. The summed E-state index contributed by atoms with van der Waals surface area (Å²) in [6.45, 7) is 1.73. The van der Waals surface area contributed by atoms with Crippen LogP contribution in [0.1, 0.15) is 10.4 Å². The fourth-order valence-corrected chi connectivity index (χ4v) is 4.03. The third kappa shape index (κ3) is 4.36. The minimum absolute atomic E-state index is 0.205. The first-order valence-electron chi connectivity index (χ1n) is 6.13. The molecule has 1 aromatic heterocycles. The van der Waals surface area contributed by atoms with Crippen LogP contribution in [0, 0.1) is 6.92 Å². The summed E-state index contributed by atoms with van der Waals surface area (Å²) >= 11 is 3.80. The van der Waals surface area contributed by atoms with Crippen LogP contribution in [0.25, 0.3) is 4.48 Å². The Bertz CT molecular complexity index is 808.